The van der Waals surface area contributed by atoms with Crippen LogP contribution >= 0.6 is 12.4 Å². The first-order valence-corrected chi connectivity index (χ1v) is 5.82. The third-order valence-corrected chi connectivity index (χ3v) is 2.68. The van der Waals surface area contributed by atoms with Gasteiger partial charge in [0.2, 0.25) is 0 Å². The molecule has 0 aliphatic rings. The van der Waals surface area contributed by atoms with Crippen molar-refractivity contribution in [1.82, 2.24) is 5.32 Å². The molecular formula is C13H21ClN2O2. The Hall–Kier alpha value is -1.26. The molecule has 0 saturated heterocycles. The van der Waals surface area contributed by atoms with Crippen molar-refractivity contribution in [3.8, 4) is 0 Å². The Balaban J connectivity index is 0.00000289. The molecule has 1 aromatic rings. The Morgan fingerprint density at radius 3 is 2.78 bits per heavy atom. The standard InChI is InChI=1S/C13H20N2O2.ClH/c1-9-5-6-11(14)8-12(9)13(17)15-10(2)4-3-7-16;/h5-6,8,10,16H,3-4,7,14H2,1-2H3,(H,15,17);1H. The van der Waals surface area contributed by atoms with E-state index in [-0.39, 0.29) is 31.0 Å². The Morgan fingerprint density at radius 1 is 1.50 bits per heavy atom. The van der Waals surface area contributed by atoms with Gasteiger partial charge in [-0.05, 0) is 44.4 Å². The summed E-state index contributed by atoms with van der Waals surface area (Å²) in [6, 6.07) is 5.35. The van der Waals surface area contributed by atoms with Crippen LogP contribution in [-0.2, 0) is 0 Å². The molecule has 18 heavy (non-hydrogen) atoms. The number of amides is 1. The Labute approximate surface area is 114 Å². The number of nitrogen functional groups attached to an aromatic ring is 1. The highest BCUT2D eigenvalue weighted by Crippen LogP contribution is 2.13. The van der Waals surface area contributed by atoms with Gasteiger partial charge in [-0.1, -0.05) is 6.07 Å². The summed E-state index contributed by atoms with van der Waals surface area (Å²) in [4.78, 5) is 12.0. The average molecular weight is 273 g/mol. The first-order valence-electron chi connectivity index (χ1n) is 5.82. The summed E-state index contributed by atoms with van der Waals surface area (Å²) >= 11 is 0. The normalized spacial score (nSPS) is 11.5. The minimum atomic E-state index is -0.111. The van der Waals surface area contributed by atoms with Gasteiger partial charge in [0.15, 0.2) is 0 Å². The predicted octanol–water partition coefficient (Wildman–Crippen LogP) is 1.89. The molecule has 1 rings (SSSR count). The number of aliphatic hydroxyl groups excluding tert-OH is 1. The largest absolute Gasteiger partial charge is 0.399 e. The molecule has 1 amide bonds. The van der Waals surface area contributed by atoms with Gasteiger partial charge < -0.3 is 16.2 Å². The lowest BCUT2D eigenvalue weighted by atomic mass is 10.1. The zero-order chi connectivity index (χ0) is 12.8. The van der Waals surface area contributed by atoms with Gasteiger partial charge in [0.1, 0.15) is 0 Å². The van der Waals surface area contributed by atoms with Crippen LogP contribution in [0.4, 0.5) is 5.69 Å². The lowest BCUT2D eigenvalue weighted by Crippen LogP contribution is -2.33. The van der Waals surface area contributed by atoms with Crippen LogP contribution in [0.15, 0.2) is 18.2 Å². The number of nitrogens with one attached hydrogen (secondary N) is 1. The van der Waals surface area contributed by atoms with E-state index in [1.165, 1.54) is 0 Å². The number of halogens is 1. The van der Waals surface area contributed by atoms with Gasteiger partial charge in [0.25, 0.3) is 5.91 Å². The molecule has 4 nitrogen and oxygen atoms in total. The highest BCUT2D eigenvalue weighted by Gasteiger charge is 2.12. The van der Waals surface area contributed by atoms with Gasteiger partial charge in [-0.3, -0.25) is 4.79 Å². The molecule has 0 bridgehead atoms. The second kappa shape index (κ2) is 7.95. The van der Waals surface area contributed by atoms with Gasteiger partial charge in [0.05, 0.1) is 0 Å². The van der Waals surface area contributed by atoms with Crippen LogP contribution in [0.1, 0.15) is 35.7 Å². The molecule has 0 saturated carbocycles. The van der Waals surface area contributed by atoms with E-state index in [0.717, 1.165) is 12.0 Å². The smallest absolute Gasteiger partial charge is 0.251 e. The van der Waals surface area contributed by atoms with E-state index in [0.29, 0.717) is 17.7 Å². The van der Waals surface area contributed by atoms with Crippen LogP contribution in [-0.4, -0.2) is 23.7 Å². The van der Waals surface area contributed by atoms with Gasteiger partial charge in [-0.25, -0.2) is 0 Å². The van der Waals surface area contributed by atoms with E-state index in [1.54, 1.807) is 12.1 Å². The van der Waals surface area contributed by atoms with Gasteiger partial charge in [-0.15, -0.1) is 12.4 Å². The van der Waals surface area contributed by atoms with Crippen molar-refractivity contribution in [3.05, 3.63) is 29.3 Å². The second-order valence-electron chi connectivity index (χ2n) is 4.31. The van der Waals surface area contributed by atoms with Crippen LogP contribution in [0.25, 0.3) is 0 Å². The average Bonchev–Trinajstić information content (AvgIpc) is 2.29. The van der Waals surface area contributed by atoms with Crippen molar-refractivity contribution in [1.29, 1.82) is 0 Å². The fourth-order valence-electron chi connectivity index (χ4n) is 1.66. The van der Waals surface area contributed by atoms with Crippen molar-refractivity contribution < 1.29 is 9.90 Å². The molecule has 1 atom stereocenters. The fraction of sp³-hybridized carbons (Fsp3) is 0.462. The molecule has 102 valence electrons. The van der Waals surface area contributed by atoms with Crippen molar-refractivity contribution >= 4 is 24.0 Å². The van der Waals surface area contributed by atoms with Crippen molar-refractivity contribution in [3.63, 3.8) is 0 Å². The lowest BCUT2D eigenvalue weighted by Gasteiger charge is -2.14. The zero-order valence-electron chi connectivity index (χ0n) is 10.8. The maximum Gasteiger partial charge on any atom is 0.251 e. The molecule has 0 radical (unpaired) electrons. The number of anilines is 1. The molecular weight excluding hydrogens is 252 g/mol. The van der Waals surface area contributed by atoms with E-state index in [9.17, 15) is 4.79 Å². The first-order chi connectivity index (χ1) is 8.04. The topological polar surface area (TPSA) is 75.4 Å². The maximum atomic E-state index is 12.0. The second-order valence-corrected chi connectivity index (χ2v) is 4.31. The minimum Gasteiger partial charge on any atom is -0.399 e. The fourth-order valence-corrected chi connectivity index (χ4v) is 1.66. The Bertz CT molecular complexity index is 397. The third kappa shape index (κ3) is 4.94. The molecule has 0 aliphatic heterocycles. The van der Waals surface area contributed by atoms with Gasteiger partial charge in [0, 0.05) is 23.9 Å². The minimum absolute atomic E-state index is 0. The summed E-state index contributed by atoms with van der Waals surface area (Å²) in [6.45, 7) is 3.96. The monoisotopic (exact) mass is 272 g/mol. The van der Waals surface area contributed by atoms with Crippen LogP contribution in [0.2, 0.25) is 0 Å². The Kier molecular flexibility index (Phi) is 7.39. The number of carbonyl (C=O) groups excluding carboxylic acids is 1. The molecule has 0 heterocycles. The van der Waals surface area contributed by atoms with Crippen molar-refractivity contribution in [2.24, 2.45) is 0 Å². The molecule has 0 fully saturated rings. The SMILES string of the molecule is Cc1ccc(N)cc1C(=O)NC(C)CCCO.Cl. The van der Waals surface area contributed by atoms with Gasteiger partial charge in [-0.2, -0.15) is 0 Å². The number of rotatable bonds is 5. The van der Waals surface area contributed by atoms with Crippen molar-refractivity contribution in [2.45, 2.75) is 32.7 Å². The van der Waals surface area contributed by atoms with E-state index in [1.807, 2.05) is 19.9 Å². The zero-order valence-corrected chi connectivity index (χ0v) is 11.6. The summed E-state index contributed by atoms with van der Waals surface area (Å²) in [5, 5.41) is 11.6. The summed E-state index contributed by atoms with van der Waals surface area (Å²) in [7, 11) is 0. The van der Waals surface area contributed by atoms with Crippen LogP contribution < -0.4 is 11.1 Å². The molecule has 4 N–H and O–H groups in total. The maximum absolute atomic E-state index is 12.0. The molecule has 0 aliphatic carbocycles. The highest BCUT2D eigenvalue weighted by atomic mass is 35.5. The van der Waals surface area contributed by atoms with Crippen LogP contribution in [0.3, 0.4) is 0 Å². The van der Waals surface area contributed by atoms with E-state index < -0.39 is 0 Å². The third-order valence-electron chi connectivity index (χ3n) is 2.68. The molecule has 5 heteroatoms. The van der Waals surface area contributed by atoms with Crippen molar-refractivity contribution in [2.75, 3.05) is 12.3 Å². The van der Waals surface area contributed by atoms with Crippen LogP contribution in [0, 0.1) is 6.92 Å². The molecule has 0 aromatic heterocycles. The number of carbonyl (C=O) groups is 1. The predicted molar refractivity (Wildman–Crippen MR) is 76.1 cm³/mol. The number of hydrogen-bond acceptors (Lipinski definition) is 3. The molecule has 0 spiro atoms. The van der Waals surface area contributed by atoms with Crippen LogP contribution in [0.5, 0.6) is 0 Å². The number of nitrogens with two attached hydrogens (primary N) is 1. The van der Waals surface area contributed by atoms with E-state index in [2.05, 4.69) is 5.32 Å². The van der Waals surface area contributed by atoms with Gasteiger partial charge >= 0.3 is 0 Å². The molecule has 1 unspecified atom stereocenters. The molecule has 1 aromatic carbocycles. The number of hydrogen-bond donors (Lipinski definition) is 3. The lowest BCUT2D eigenvalue weighted by molar-refractivity contribution is 0.0936. The number of aryl methyl sites for hydroxylation is 1. The summed E-state index contributed by atoms with van der Waals surface area (Å²) in [6.07, 6.45) is 1.46. The number of aliphatic hydroxyl groups is 1. The Morgan fingerprint density at radius 2 is 2.17 bits per heavy atom. The number of benzene rings is 1. The van der Waals surface area contributed by atoms with E-state index >= 15 is 0 Å². The highest BCUT2D eigenvalue weighted by molar-refractivity contribution is 5.96. The summed E-state index contributed by atoms with van der Waals surface area (Å²) < 4.78 is 0. The summed E-state index contributed by atoms with van der Waals surface area (Å²) in [5.41, 5.74) is 7.77. The van der Waals surface area contributed by atoms with E-state index in [4.69, 9.17) is 10.8 Å². The first kappa shape index (κ1) is 16.7. The quantitative estimate of drug-likeness (QED) is 0.717. The summed E-state index contributed by atoms with van der Waals surface area (Å²) in [5.74, 6) is -0.111.